The molecule has 0 saturated carbocycles. The van der Waals surface area contributed by atoms with Gasteiger partial charge in [0.15, 0.2) is 0 Å². The van der Waals surface area contributed by atoms with Crippen molar-refractivity contribution in [1.29, 1.82) is 0 Å². The molecule has 1 heterocycles. The summed E-state index contributed by atoms with van der Waals surface area (Å²) in [4.78, 5) is 42.8. The lowest BCUT2D eigenvalue weighted by Gasteiger charge is -2.43. The fourth-order valence-electron chi connectivity index (χ4n) is 5.73. The fourth-order valence-corrected chi connectivity index (χ4v) is 5.73. The van der Waals surface area contributed by atoms with Gasteiger partial charge in [0.1, 0.15) is 0 Å². The summed E-state index contributed by atoms with van der Waals surface area (Å²) in [7, 11) is 3.53. The molecule has 1 fully saturated rings. The van der Waals surface area contributed by atoms with Crippen LogP contribution in [0.1, 0.15) is 101 Å². The standard InChI is InChI=1S/C26H49N3O3/c1-12-25(8,21(31)27-24(6,7)17-23(3,4)5)18-26(9,22(32)28(10)11)16-19(2)29-15-13-14-20(29)30/h19H,12-18H2,1-11H3,(H,27,31). The molecule has 0 radical (unpaired) electrons. The summed E-state index contributed by atoms with van der Waals surface area (Å²) in [5.74, 6) is 0.173. The van der Waals surface area contributed by atoms with Crippen molar-refractivity contribution in [2.24, 2.45) is 16.2 Å². The van der Waals surface area contributed by atoms with Gasteiger partial charge in [0, 0.05) is 49.5 Å². The van der Waals surface area contributed by atoms with Crippen molar-refractivity contribution in [3.63, 3.8) is 0 Å². The fraction of sp³-hybridized carbons (Fsp3) is 0.885. The summed E-state index contributed by atoms with van der Waals surface area (Å²) in [6, 6.07) is -0.0413. The first kappa shape index (κ1) is 28.4. The van der Waals surface area contributed by atoms with Crippen LogP contribution >= 0.6 is 0 Å². The summed E-state index contributed by atoms with van der Waals surface area (Å²) in [6.45, 7) is 19.4. The maximum Gasteiger partial charge on any atom is 0.228 e. The Bertz CT molecular complexity index is 695. The van der Waals surface area contributed by atoms with Gasteiger partial charge in [0.05, 0.1) is 0 Å². The van der Waals surface area contributed by atoms with E-state index < -0.39 is 10.8 Å². The largest absolute Gasteiger partial charge is 0.351 e. The Morgan fingerprint density at radius 1 is 1.03 bits per heavy atom. The van der Waals surface area contributed by atoms with Gasteiger partial charge < -0.3 is 15.1 Å². The lowest BCUT2D eigenvalue weighted by Crippen LogP contribution is -2.54. The number of hydrogen-bond donors (Lipinski definition) is 1. The lowest BCUT2D eigenvalue weighted by atomic mass is 9.67. The summed E-state index contributed by atoms with van der Waals surface area (Å²) < 4.78 is 0. The second-order valence-corrected chi connectivity index (χ2v) is 12.7. The van der Waals surface area contributed by atoms with Crippen LogP contribution in [0.25, 0.3) is 0 Å². The van der Waals surface area contributed by atoms with E-state index in [-0.39, 0.29) is 34.7 Å². The SMILES string of the molecule is CCC(C)(CC(C)(CC(C)N1CCCC1=O)C(=O)N(C)C)C(=O)NC(C)(C)CC(C)(C)C. The van der Waals surface area contributed by atoms with Crippen LogP contribution in [-0.2, 0) is 14.4 Å². The number of nitrogens with one attached hydrogen (secondary N) is 1. The van der Waals surface area contributed by atoms with E-state index in [2.05, 4.69) is 39.9 Å². The number of carbonyl (C=O) groups is 3. The first-order chi connectivity index (χ1) is 14.4. The van der Waals surface area contributed by atoms with E-state index >= 15 is 0 Å². The molecule has 0 aromatic carbocycles. The van der Waals surface area contributed by atoms with Gasteiger partial charge in [0.2, 0.25) is 17.7 Å². The number of nitrogens with zero attached hydrogens (tertiary/aromatic N) is 2. The zero-order valence-corrected chi connectivity index (χ0v) is 22.6. The first-order valence-corrected chi connectivity index (χ1v) is 12.2. The molecule has 6 nitrogen and oxygen atoms in total. The molecule has 6 heteroatoms. The molecule has 3 unspecified atom stereocenters. The van der Waals surface area contributed by atoms with Gasteiger partial charge in [-0.15, -0.1) is 0 Å². The van der Waals surface area contributed by atoms with Crippen molar-refractivity contribution in [1.82, 2.24) is 15.1 Å². The zero-order valence-electron chi connectivity index (χ0n) is 22.6. The molecular weight excluding hydrogens is 402 g/mol. The Balaban J connectivity index is 3.16. The molecule has 3 amide bonds. The molecule has 0 aliphatic carbocycles. The average molecular weight is 452 g/mol. The van der Waals surface area contributed by atoms with Crippen molar-refractivity contribution in [2.75, 3.05) is 20.6 Å². The minimum atomic E-state index is -0.748. The molecule has 3 atom stereocenters. The van der Waals surface area contributed by atoms with Gasteiger partial charge >= 0.3 is 0 Å². The van der Waals surface area contributed by atoms with Gasteiger partial charge in [-0.05, 0) is 58.3 Å². The number of likely N-dealkylation sites (tertiary alicyclic amines) is 1. The van der Waals surface area contributed by atoms with E-state index in [1.54, 1.807) is 19.0 Å². The highest BCUT2D eigenvalue weighted by molar-refractivity contribution is 5.86. The number of amides is 3. The molecule has 1 saturated heterocycles. The topological polar surface area (TPSA) is 69.7 Å². The monoisotopic (exact) mass is 451 g/mol. The number of rotatable bonds is 10. The molecule has 0 aromatic heterocycles. The molecule has 32 heavy (non-hydrogen) atoms. The Morgan fingerprint density at radius 2 is 1.59 bits per heavy atom. The van der Waals surface area contributed by atoms with Crippen molar-refractivity contribution >= 4 is 17.7 Å². The molecular formula is C26H49N3O3. The Hall–Kier alpha value is -1.59. The molecule has 1 rings (SSSR count). The summed E-state index contributed by atoms with van der Waals surface area (Å²) in [6.07, 6.45) is 3.94. The van der Waals surface area contributed by atoms with E-state index in [4.69, 9.17) is 0 Å². The molecule has 1 aliphatic rings. The first-order valence-electron chi connectivity index (χ1n) is 12.2. The third-order valence-electron chi connectivity index (χ3n) is 6.84. The highest BCUT2D eigenvalue weighted by Gasteiger charge is 2.47. The third kappa shape index (κ3) is 7.48. The van der Waals surface area contributed by atoms with E-state index in [1.165, 1.54) is 0 Å². The van der Waals surface area contributed by atoms with E-state index in [1.807, 2.05) is 32.6 Å². The molecule has 1 N–H and O–H groups in total. The Morgan fingerprint density at radius 3 is 2.00 bits per heavy atom. The minimum Gasteiger partial charge on any atom is -0.351 e. The van der Waals surface area contributed by atoms with Crippen molar-refractivity contribution < 1.29 is 14.4 Å². The van der Waals surface area contributed by atoms with Crippen LogP contribution in [0.3, 0.4) is 0 Å². The van der Waals surface area contributed by atoms with Crippen LogP contribution in [-0.4, -0.2) is 59.7 Å². The van der Waals surface area contributed by atoms with Gasteiger partial charge in [-0.3, -0.25) is 14.4 Å². The lowest BCUT2D eigenvalue weighted by molar-refractivity contribution is -0.146. The Kier molecular flexibility index (Phi) is 9.00. The van der Waals surface area contributed by atoms with Crippen LogP contribution < -0.4 is 5.32 Å². The van der Waals surface area contributed by atoms with E-state index in [0.717, 1.165) is 19.4 Å². The predicted octanol–water partition coefficient (Wildman–Crippen LogP) is 4.62. The smallest absolute Gasteiger partial charge is 0.228 e. The van der Waals surface area contributed by atoms with Crippen LogP contribution in [0.15, 0.2) is 0 Å². The molecule has 1 aliphatic heterocycles. The van der Waals surface area contributed by atoms with Crippen molar-refractivity contribution in [3.05, 3.63) is 0 Å². The predicted molar refractivity (Wildman–Crippen MR) is 131 cm³/mol. The summed E-state index contributed by atoms with van der Waals surface area (Å²) in [5.41, 5.74) is -1.69. The van der Waals surface area contributed by atoms with Gasteiger partial charge in [0.25, 0.3) is 0 Å². The molecule has 186 valence electrons. The molecule has 0 bridgehead atoms. The minimum absolute atomic E-state index is 0.00284. The number of carbonyl (C=O) groups excluding carboxylic acids is 3. The van der Waals surface area contributed by atoms with Gasteiger partial charge in [-0.2, -0.15) is 0 Å². The second-order valence-electron chi connectivity index (χ2n) is 12.7. The Labute approximate surface area is 196 Å². The third-order valence-corrected chi connectivity index (χ3v) is 6.84. The van der Waals surface area contributed by atoms with Gasteiger partial charge in [-0.25, -0.2) is 0 Å². The van der Waals surface area contributed by atoms with E-state index in [0.29, 0.717) is 25.7 Å². The highest BCUT2D eigenvalue weighted by Crippen LogP contribution is 2.42. The van der Waals surface area contributed by atoms with Gasteiger partial charge in [-0.1, -0.05) is 41.5 Å². The highest BCUT2D eigenvalue weighted by atomic mass is 16.2. The van der Waals surface area contributed by atoms with Crippen molar-refractivity contribution in [2.45, 2.75) is 112 Å². The molecule has 0 aromatic rings. The summed E-state index contributed by atoms with van der Waals surface area (Å²) in [5, 5.41) is 3.28. The quantitative estimate of drug-likeness (QED) is 0.527. The van der Waals surface area contributed by atoms with Crippen LogP contribution in [0.4, 0.5) is 0 Å². The summed E-state index contributed by atoms with van der Waals surface area (Å²) >= 11 is 0. The molecule has 0 spiro atoms. The average Bonchev–Trinajstić information content (AvgIpc) is 3.04. The normalized spacial score (nSPS) is 19.8. The van der Waals surface area contributed by atoms with E-state index in [9.17, 15) is 14.4 Å². The van der Waals surface area contributed by atoms with Crippen molar-refractivity contribution in [3.8, 4) is 0 Å². The maximum absolute atomic E-state index is 13.6. The van der Waals surface area contributed by atoms with Crippen LogP contribution in [0, 0.1) is 16.2 Å². The second kappa shape index (κ2) is 10.1. The van der Waals surface area contributed by atoms with Crippen LogP contribution in [0.2, 0.25) is 0 Å². The van der Waals surface area contributed by atoms with Crippen LogP contribution in [0.5, 0.6) is 0 Å². The number of hydrogen-bond acceptors (Lipinski definition) is 3. The zero-order chi connectivity index (χ0) is 25.1. The maximum atomic E-state index is 13.6.